The molecule has 0 aliphatic heterocycles. The Bertz CT molecular complexity index is 418. The van der Waals surface area contributed by atoms with Gasteiger partial charge in [-0.2, -0.15) is 0 Å². The Morgan fingerprint density at radius 3 is 2.40 bits per heavy atom. The zero-order chi connectivity index (χ0) is 14.5. The van der Waals surface area contributed by atoms with E-state index in [1.807, 2.05) is 0 Å². The van der Waals surface area contributed by atoms with E-state index in [9.17, 15) is 13.2 Å². The summed E-state index contributed by atoms with van der Waals surface area (Å²) < 4.78 is 40.9. The van der Waals surface area contributed by atoms with Crippen LogP contribution in [0.4, 0.5) is 13.2 Å². The van der Waals surface area contributed by atoms with Crippen LogP contribution < -0.4 is 16.2 Å². The van der Waals surface area contributed by atoms with Gasteiger partial charge in [0.15, 0.2) is 0 Å². The molecule has 0 aliphatic carbocycles. The quantitative estimate of drug-likeness (QED) is 0.739. The SMILES string of the molecule is Cl.NCCCC[C@@H](N)c1cc(Br)cc(OC(F)(F)F)c1. The highest BCUT2D eigenvalue weighted by molar-refractivity contribution is 9.10. The number of nitrogens with two attached hydrogens (primary N) is 2. The molecule has 1 aromatic carbocycles. The predicted molar refractivity (Wildman–Crippen MR) is 77.9 cm³/mol. The summed E-state index contributed by atoms with van der Waals surface area (Å²) in [6.45, 7) is 0.577. The second kappa shape index (κ2) is 8.71. The molecule has 0 amide bonds. The molecule has 0 unspecified atom stereocenters. The third kappa shape index (κ3) is 7.33. The van der Waals surface area contributed by atoms with Crippen LogP contribution in [0.5, 0.6) is 5.75 Å². The number of alkyl halides is 3. The number of benzene rings is 1. The van der Waals surface area contributed by atoms with Crippen molar-refractivity contribution in [3.05, 3.63) is 28.2 Å². The van der Waals surface area contributed by atoms with Crippen molar-refractivity contribution in [2.45, 2.75) is 31.7 Å². The molecule has 8 heteroatoms. The highest BCUT2D eigenvalue weighted by Gasteiger charge is 2.31. The minimum absolute atomic E-state index is 0. The van der Waals surface area contributed by atoms with Crippen molar-refractivity contribution >= 4 is 28.3 Å². The fourth-order valence-corrected chi connectivity index (χ4v) is 2.16. The lowest BCUT2D eigenvalue weighted by molar-refractivity contribution is -0.274. The maximum Gasteiger partial charge on any atom is 0.573 e. The van der Waals surface area contributed by atoms with Gasteiger partial charge in [-0.1, -0.05) is 22.4 Å². The van der Waals surface area contributed by atoms with E-state index in [4.69, 9.17) is 11.5 Å². The Labute approximate surface area is 130 Å². The van der Waals surface area contributed by atoms with Crippen LogP contribution in [0.3, 0.4) is 0 Å². The molecule has 1 aromatic rings. The summed E-state index contributed by atoms with van der Waals surface area (Å²) in [5.41, 5.74) is 11.9. The van der Waals surface area contributed by atoms with E-state index in [0.717, 1.165) is 12.8 Å². The fraction of sp³-hybridized carbons (Fsp3) is 0.500. The van der Waals surface area contributed by atoms with Gasteiger partial charge in [-0.25, -0.2) is 0 Å². The average molecular weight is 378 g/mol. The summed E-state index contributed by atoms with van der Waals surface area (Å²) in [5, 5.41) is 0. The van der Waals surface area contributed by atoms with Crippen LogP contribution in [-0.4, -0.2) is 12.9 Å². The second-order valence-corrected chi connectivity index (χ2v) is 5.07. The standard InChI is InChI=1S/C12H16BrF3N2O.ClH/c13-9-5-8(11(18)3-1-2-4-17)6-10(7-9)19-12(14,15)16;/h5-7,11H,1-4,17-18H2;1H/t11-;/m1./s1. The lowest BCUT2D eigenvalue weighted by Gasteiger charge is -2.15. The van der Waals surface area contributed by atoms with Gasteiger partial charge in [-0.05, 0) is 43.1 Å². The van der Waals surface area contributed by atoms with Gasteiger partial charge >= 0.3 is 6.36 Å². The molecule has 0 aromatic heterocycles. The Morgan fingerprint density at radius 2 is 1.85 bits per heavy atom. The molecule has 0 saturated heterocycles. The van der Waals surface area contributed by atoms with Crippen LogP contribution in [0.15, 0.2) is 22.7 Å². The van der Waals surface area contributed by atoms with E-state index in [-0.39, 0.29) is 24.2 Å². The largest absolute Gasteiger partial charge is 0.573 e. The highest BCUT2D eigenvalue weighted by Crippen LogP contribution is 2.30. The van der Waals surface area contributed by atoms with E-state index in [1.165, 1.54) is 12.1 Å². The van der Waals surface area contributed by atoms with Crippen molar-refractivity contribution in [1.82, 2.24) is 0 Å². The van der Waals surface area contributed by atoms with Gasteiger partial charge in [0.25, 0.3) is 0 Å². The molecule has 3 nitrogen and oxygen atoms in total. The normalized spacial score (nSPS) is 12.7. The number of rotatable bonds is 6. The molecule has 0 heterocycles. The van der Waals surface area contributed by atoms with Gasteiger partial charge in [0, 0.05) is 10.5 Å². The van der Waals surface area contributed by atoms with Crippen LogP contribution in [0, 0.1) is 0 Å². The zero-order valence-corrected chi connectivity index (χ0v) is 13.0. The monoisotopic (exact) mass is 376 g/mol. The van der Waals surface area contributed by atoms with Crippen molar-refractivity contribution in [2.24, 2.45) is 11.5 Å². The molecule has 20 heavy (non-hydrogen) atoms. The van der Waals surface area contributed by atoms with Gasteiger partial charge in [-0.15, -0.1) is 25.6 Å². The van der Waals surface area contributed by atoms with E-state index in [0.29, 0.717) is 23.0 Å². The number of hydrogen-bond donors (Lipinski definition) is 2. The molecular weight excluding hydrogens is 360 g/mol. The lowest BCUT2D eigenvalue weighted by atomic mass is 10.0. The summed E-state index contributed by atoms with van der Waals surface area (Å²) in [7, 11) is 0. The van der Waals surface area contributed by atoms with Gasteiger partial charge < -0.3 is 16.2 Å². The molecule has 4 N–H and O–H groups in total. The van der Waals surface area contributed by atoms with Crippen LogP contribution in [0.25, 0.3) is 0 Å². The number of halogens is 5. The average Bonchev–Trinajstić information content (AvgIpc) is 2.26. The van der Waals surface area contributed by atoms with Crippen molar-refractivity contribution in [3.63, 3.8) is 0 Å². The molecule has 0 aliphatic rings. The van der Waals surface area contributed by atoms with Crippen LogP contribution in [-0.2, 0) is 0 Å². The van der Waals surface area contributed by atoms with Gasteiger partial charge in [0.1, 0.15) is 5.75 Å². The molecule has 0 spiro atoms. The molecule has 0 fully saturated rings. The number of hydrogen-bond acceptors (Lipinski definition) is 3. The summed E-state index contributed by atoms with van der Waals surface area (Å²) in [4.78, 5) is 0. The number of unbranched alkanes of at least 4 members (excludes halogenated alkanes) is 1. The van der Waals surface area contributed by atoms with E-state index >= 15 is 0 Å². The first-order chi connectivity index (χ1) is 8.81. The Morgan fingerprint density at radius 1 is 1.20 bits per heavy atom. The highest BCUT2D eigenvalue weighted by atomic mass is 79.9. The summed E-state index contributed by atoms with van der Waals surface area (Å²) in [6, 6.07) is 3.92. The summed E-state index contributed by atoms with van der Waals surface area (Å²) in [5.74, 6) is -0.272. The van der Waals surface area contributed by atoms with Crippen LogP contribution >= 0.6 is 28.3 Å². The van der Waals surface area contributed by atoms with Crippen LogP contribution in [0.2, 0.25) is 0 Å². The van der Waals surface area contributed by atoms with Gasteiger partial charge in [0.05, 0.1) is 0 Å². The molecule has 0 radical (unpaired) electrons. The predicted octanol–water partition coefficient (Wildman–Crippen LogP) is 3.90. The Hall–Kier alpha value is -0.500. The number of ether oxygens (including phenoxy) is 1. The molecule has 116 valence electrons. The first-order valence-corrected chi connectivity index (χ1v) is 6.63. The minimum Gasteiger partial charge on any atom is -0.406 e. The Kier molecular flexibility index (Phi) is 8.50. The molecule has 1 atom stereocenters. The third-order valence-electron chi connectivity index (χ3n) is 2.52. The maximum atomic E-state index is 12.2. The van der Waals surface area contributed by atoms with Gasteiger partial charge in [0.2, 0.25) is 0 Å². The van der Waals surface area contributed by atoms with Crippen molar-refractivity contribution in [2.75, 3.05) is 6.54 Å². The molecule has 0 bridgehead atoms. The van der Waals surface area contributed by atoms with E-state index in [1.54, 1.807) is 6.07 Å². The second-order valence-electron chi connectivity index (χ2n) is 4.16. The topological polar surface area (TPSA) is 61.3 Å². The smallest absolute Gasteiger partial charge is 0.406 e. The third-order valence-corrected chi connectivity index (χ3v) is 2.98. The van der Waals surface area contributed by atoms with E-state index < -0.39 is 6.36 Å². The molecular formula is C12H17BrClF3N2O. The maximum absolute atomic E-state index is 12.2. The van der Waals surface area contributed by atoms with Gasteiger partial charge in [-0.3, -0.25) is 0 Å². The summed E-state index contributed by atoms with van der Waals surface area (Å²) >= 11 is 3.15. The van der Waals surface area contributed by atoms with Crippen LogP contribution in [0.1, 0.15) is 30.9 Å². The molecule has 0 saturated carbocycles. The Balaban J connectivity index is 0.00000361. The summed E-state index contributed by atoms with van der Waals surface area (Å²) in [6.07, 6.45) is -2.37. The van der Waals surface area contributed by atoms with Crippen molar-refractivity contribution in [3.8, 4) is 5.75 Å². The van der Waals surface area contributed by atoms with E-state index in [2.05, 4.69) is 20.7 Å². The van der Waals surface area contributed by atoms with Crippen molar-refractivity contribution < 1.29 is 17.9 Å². The minimum atomic E-state index is -4.71. The fourth-order valence-electron chi connectivity index (χ4n) is 1.67. The van der Waals surface area contributed by atoms with Crippen molar-refractivity contribution in [1.29, 1.82) is 0 Å². The first-order valence-electron chi connectivity index (χ1n) is 5.83. The molecule has 1 rings (SSSR count). The lowest BCUT2D eigenvalue weighted by Crippen LogP contribution is -2.18. The first kappa shape index (κ1) is 19.5. The zero-order valence-electron chi connectivity index (χ0n) is 10.6.